The molecule has 0 saturated carbocycles. The molecule has 0 amide bonds. The van der Waals surface area contributed by atoms with Crippen molar-refractivity contribution in [2.45, 2.75) is 13.3 Å². The lowest BCUT2D eigenvalue weighted by Gasteiger charge is -2.20. The Kier molecular flexibility index (Phi) is 3.47. The Morgan fingerprint density at radius 3 is 2.86 bits per heavy atom. The summed E-state index contributed by atoms with van der Waals surface area (Å²) in [7, 11) is 1.37. The molecule has 0 aromatic heterocycles. The lowest BCUT2D eigenvalue weighted by Crippen LogP contribution is -2.24. The van der Waals surface area contributed by atoms with Gasteiger partial charge in [-0.15, -0.1) is 0 Å². The molecular weight excluding hydrogens is 180 g/mol. The molecule has 3 heteroatoms. The van der Waals surface area contributed by atoms with Crippen LogP contribution in [-0.2, 0) is 9.53 Å². The van der Waals surface area contributed by atoms with E-state index in [0.717, 1.165) is 17.6 Å². The molecule has 0 spiro atoms. The van der Waals surface area contributed by atoms with E-state index in [4.69, 9.17) is 9.84 Å². The zero-order valence-electron chi connectivity index (χ0n) is 8.62. The van der Waals surface area contributed by atoms with E-state index in [1.54, 1.807) is 0 Å². The Bertz CT molecular complexity index is 278. The predicted molar refractivity (Wildman–Crippen MR) is 53.6 cm³/mol. The summed E-state index contributed by atoms with van der Waals surface area (Å²) in [5, 5.41) is 9.07. The van der Waals surface area contributed by atoms with Gasteiger partial charge in [-0.3, -0.25) is 4.79 Å². The Morgan fingerprint density at radius 2 is 2.43 bits per heavy atom. The molecule has 1 rings (SSSR count). The number of esters is 1. The van der Waals surface area contributed by atoms with Crippen molar-refractivity contribution in [3.63, 3.8) is 0 Å². The van der Waals surface area contributed by atoms with Gasteiger partial charge in [-0.05, 0) is 24.8 Å². The predicted octanol–water partition coefficient (Wildman–Crippen LogP) is 1.29. The number of methoxy groups -OCH3 is 1. The van der Waals surface area contributed by atoms with Crippen LogP contribution in [0.3, 0.4) is 0 Å². The summed E-state index contributed by atoms with van der Waals surface area (Å²) in [6.45, 7) is 5.67. The smallest absolute Gasteiger partial charge is 0.313 e. The van der Waals surface area contributed by atoms with E-state index in [1.807, 2.05) is 13.0 Å². The van der Waals surface area contributed by atoms with Crippen LogP contribution in [0.15, 0.2) is 23.8 Å². The number of aliphatic hydroxyl groups excluding tert-OH is 1. The molecule has 1 aliphatic carbocycles. The zero-order valence-corrected chi connectivity index (χ0v) is 8.62. The molecule has 0 aromatic rings. The first-order chi connectivity index (χ1) is 6.61. The van der Waals surface area contributed by atoms with Crippen LogP contribution >= 0.6 is 0 Å². The third kappa shape index (κ3) is 1.87. The lowest BCUT2D eigenvalue weighted by atomic mass is 9.86. The van der Waals surface area contributed by atoms with E-state index < -0.39 is 0 Å². The highest BCUT2D eigenvalue weighted by Gasteiger charge is 2.36. The minimum absolute atomic E-state index is 0.0798. The Labute approximate surface area is 84.1 Å². The van der Waals surface area contributed by atoms with Gasteiger partial charge in [-0.1, -0.05) is 18.2 Å². The van der Waals surface area contributed by atoms with Crippen molar-refractivity contribution in [3.05, 3.63) is 23.8 Å². The summed E-state index contributed by atoms with van der Waals surface area (Å²) >= 11 is 0. The van der Waals surface area contributed by atoms with Crippen molar-refractivity contribution in [1.29, 1.82) is 0 Å². The van der Waals surface area contributed by atoms with Crippen molar-refractivity contribution in [2.24, 2.45) is 11.8 Å². The minimum Gasteiger partial charge on any atom is -0.469 e. The topological polar surface area (TPSA) is 46.5 Å². The molecule has 0 saturated heterocycles. The van der Waals surface area contributed by atoms with E-state index in [-0.39, 0.29) is 24.4 Å². The number of ether oxygens (including phenoxy) is 1. The summed E-state index contributed by atoms with van der Waals surface area (Å²) in [5.74, 6) is -0.525. The fourth-order valence-corrected chi connectivity index (χ4v) is 1.89. The van der Waals surface area contributed by atoms with Crippen LogP contribution in [0.1, 0.15) is 13.3 Å². The molecular formula is C11H16O3. The van der Waals surface area contributed by atoms with Gasteiger partial charge in [0.2, 0.25) is 0 Å². The number of hydrogen-bond acceptors (Lipinski definition) is 3. The first-order valence-corrected chi connectivity index (χ1v) is 4.64. The van der Waals surface area contributed by atoms with Gasteiger partial charge in [-0.2, -0.15) is 0 Å². The van der Waals surface area contributed by atoms with Gasteiger partial charge < -0.3 is 9.84 Å². The zero-order chi connectivity index (χ0) is 10.7. The molecule has 3 nitrogen and oxygen atoms in total. The summed E-state index contributed by atoms with van der Waals surface area (Å²) in [5.41, 5.74) is 1.71. The van der Waals surface area contributed by atoms with Crippen LogP contribution in [0.25, 0.3) is 0 Å². The first kappa shape index (κ1) is 11.0. The molecule has 1 aliphatic rings. The van der Waals surface area contributed by atoms with Crippen molar-refractivity contribution in [3.8, 4) is 0 Å². The van der Waals surface area contributed by atoms with E-state index in [0.29, 0.717) is 0 Å². The Balaban J connectivity index is 2.86. The second-order valence-electron chi connectivity index (χ2n) is 3.63. The maximum atomic E-state index is 11.5. The lowest BCUT2D eigenvalue weighted by molar-refractivity contribution is -0.145. The van der Waals surface area contributed by atoms with Crippen LogP contribution in [0.4, 0.5) is 0 Å². The molecule has 0 bridgehead atoms. The highest BCUT2D eigenvalue weighted by atomic mass is 16.5. The quantitative estimate of drug-likeness (QED) is 0.546. The number of aliphatic hydroxyl groups is 1. The third-order valence-electron chi connectivity index (χ3n) is 2.71. The number of allylic oxidation sites excluding steroid dienone is 2. The molecule has 0 heterocycles. The Hall–Kier alpha value is -1.09. The number of carbonyl (C=O) groups excluding carboxylic acids is 1. The second-order valence-corrected chi connectivity index (χ2v) is 3.63. The SMILES string of the molecule is C=C(C)[C@@H]1CC=C(CO)[C@@H]1C(=O)OC. The average Bonchev–Trinajstić information content (AvgIpc) is 2.59. The van der Waals surface area contributed by atoms with Crippen LogP contribution in [0.5, 0.6) is 0 Å². The highest BCUT2D eigenvalue weighted by molar-refractivity contribution is 5.77. The fourth-order valence-electron chi connectivity index (χ4n) is 1.89. The molecule has 0 fully saturated rings. The van der Waals surface area contributed by atoms with Gasteiger partial charge in [0, 0.05) is 0 Å². The maximum Gasteiger partial charge on any atom is 0.313 e. The number of hydrogen-bond donors (Lipinski definition) is 1. The van der Waals surface area contributed by atoms with Crippen molar-refractivity contribution in [2.75, 3.05) is 13.7 Å². The van der Waals surface area contributed by atoms with Crippen LogP contribution < -0.4 is 0 Å². The number of carbonyl (C=O) groups is 1. The molecule has 2 atom stereocenters. The third-order valence-corrected chi connectivity index (χ3v) is 2.71. The van der Waals surface area contributed by atoms with Crippen molar-refractivity contribution < 1.29 is 14.6 Å². The maximum absolute atomic E-state index is 11.5. The Morgan fingerprint density at radius 1 is 1.79 bits per heavy atom. The number of rotatable bonds is 3. The second kappa shape index (κ2) is 4.42. The first-order valence-electron chi connectivity index (χ1n) is 4.64. The molecule has 14 heavy (non-hydrogen) atoms. The molecule has 0 aromatic carbocycles. The molecule has 78 valence electrons. The minimum atomic E-state index is -0.331. The van der Waals surface area contributed by atoms with Gasteiger partial charge in [0.1, 0.15) is 0 Å². The summed E-state index contributed by atoms with van der Waals surface area (Å²) < 4.78 is 4.71. The average molecular weight is 196 g/mol. The van der Waals surface area contributed by atoms with E-state index in [1.165, 1.54) is 7.11 Å². The molecule has 0 radical (unpaired) electrons. The monoisotopic (exact) mass is 196 g/mol. The highest BCUT2D eigenvalue weighted by Crippen LogP contribution is 2.36. The largest absolute Gasteiger partial charge is 0.469 e. The van der Waals surface area contributed by atoms with Gasteiger partial charge in [0.05, 0.1) is 19.6 Å². The summed E-state index contributed by atoms with van der Waals surface area (Å²) in [6.07, 6.45) is 2.67. The molecule has 1 N–H and O–H groups in total. The van der Waals surface area contributed by atoms with Crippen LogP contribution in [0, 0.1) is 11.8 Å². The van der Waals surface area contributed by atoms with Gasteiger partial charge in [0.15, 0.2) is 0 Å². The van der Waals surface area contributed by atoms with Gasteiger partial charge in [0.25, 0.3) is 0 Å². The van der Waals surface area contributed by atoms with E-state index >= 15 is 0 Å². The normalized spacial score (nSPS) is 25.8. The van der Waals surface area contributed by atoms with E-state index in [2.05, 4.69) is 6.58 Å². The van der Waals surface area contributed by atoms with Gasteiger partial charge >= 0.3 is 5.97 Å². The fraction of sp³-hybridized carbons (Fsp3) is 0.545. The van der Waals surface area contributed by atoms with E-state index in [9.17, 15) is 4.79 Å². The van der Waals surface area contributed by atoms with Crippen LogP contribution in [0.2, 0.25) is 0 Å². The van der Waals surface area contributed by atoms with Crippen LogP contribution in [-0.4, -0.2) is 24.8 Å². The summed E-state index contributed by atoms with van der Waals surface area (Å²) in [6, 6.07) is 0. The summed E-state index contributed by atoms with van der Waals surface area (Å²) in [4.78, 5) is 11.5. The van der Waals surface area contributed by atoms with Crippen molar-refractivity contribution >= 4 is 5.97 Å². The van der Waals surface area contributed by atoms with Gasteiger partial charge in [-0.25, -0.2) is 0 Å². The van der Waals surface area contributed by atoms with Crippen molar-refractivity contribution in [1.82, 2.24) is 0 Å². The standard InChI is InChI=1S/C11H16O3/c1-7(2)9-5-4-8(6-12)10(9)11(13)14-3/h4,9-10,12H,1,5-6H2,2-3H3/t9-,10-/m0/s1. The molecule has 0 unspecified atom stereocenters. The molecule has 0 aliphatic heterocycles.